The van der Waals surface area contributed by atoms with Gasteiger partial charge in [-0.25, -0.2) is 9.18 Å². The van der Waals surface area contributed by atoms with Gasteiger partial charge in [-0.15, -0.1) is 0 Å². The molecule has 3 saturated heterocycles. The highest BCUT2D eigenvalue weighted by atomic mass is 35.5. The number of rotatable bonds is 7. The second-order valence-electron chi connectivity index (χ2n) is 12.2. The average Bonchev–Trinajstić information content (AvgIpc) is 3.55. The summed E-state index contributed by atoms with van der Waals surface area (Å²) in [5.41, 5.74) is -0.280. The lowest BCUT2D eigenvalue weighted by atomic mass is 10.0. The largest absolute Gasteiger partial charge is 0.446 e. The predicted molar refractivity (Wildman–Crippen MR) is 161 cm³/mol. The van der Waals surface area contributed by atoms with Crippen molar-refractivity contribution < 1.29 is 36.7 Å². The minimum Gasteiger partial charge on any atom is -0.446 e. The van der Waals surface area contributed by atoms with Crippen molar-refractivity contribution in [3.63, 3.8) is 0 Å². The van der Waals surface area contributed by atoms with Crippen LogP contribution in [0.4, 0.5) is 28.0 Å². The molecule has 0 aromatic heterocycles. The second-order valence-corrected chi connectivity index (χ2v) is 12.6. The van der Waals surface area contributed by atoms with Crippen molar-refractivity contribution in [1.29, 1.82) is 0 Å². The summed E-state index contributed by atoms with van der Waals surface area (Å²) in [6.07, 6.45) is -3.82. The molecule has 3 aliphatic rings. The van der Waals surface area contributed by atoms with Crippen LogP contribution in [0.2, 0.25) is 5.02 Å². The molecule has 0 bridgehead atoms. The van der Waals surface area contributed by atoms with E-state index in [4.69, 9.17) is 16.3 Å². The molecule has 0 spiro atoms. The van der Waals surface area contributed by atoms with Crippen molar-refractivity contribution in [3.8, 4) is 0 Å². The van der Waals surface area contributed by atoms with Gasteiger partial charge in [0.25, 0.3) is 5.91 Å². The second kappa shape index (κ2) is 13.5. The Hall–Kier alpha value is -3.38. The predicted octanol–water partition coefficient (Wildman–Crippen LogP) is 5.85. The Kier molecular flexibility index (Phi) is 9.93. The van der Waals surface area contributed by atoms with E-state index in [1.165, 1.54) is 11.8 Å². The molecule has 3 amide bonds. The number of hydrogen-bond donors (Lipinski definition) is 0. The standard InChI is InChI=1S/C32H37ClF4N4O4/c1-20-4-6-25(15-29(20)33)41(31(44)45-26-8-12-39(13-9-26)21(2)42)11-3-10-38-16-22-18-40(19-23(22)17-38)30(43)27-7-5-24(34)14-28(27)32(35,36)37/h4-7,14-15,22-23,26H,3,8-13,16-19H2,1-2H3. The first-order chi connectivity index (χ1) is 21.3. The first-order valence-corrected chi connectivity index (χ1v) is 15.6. The van der Waals surface area contributed by atoms with Crippen molar-refractivity contribution >= 4 is 35.2 Å². The zero-order valence-electron chi connectivity index (χ0n) is 25.3. The number of hydrogen-bond acceptors (Lipinski definition) is 5. The van der Waals surface area contributed by atoms with Crippen LogP contribution in [-0.4, -0.2) is 91.1 Å². The molecule has 0 N–H and O–H groups in total. The molecule has 5 rings (SSSR count). The van der Waals surface area contributed by atoms with Gasteiger partial charge in [0.1, 0.15) is 11.9 Å². The van der Waals surface area contributed by atoms with E-state index in [9.17, 15) is 31.9 Å². The van der Waals surface area contributed by atoms with Crippen LogP contribution in [0.5, 0.6) is 0 Å². The lowest BCUT2D eigenvalue weighted by Gasteiger charge is -2.32. The molecule has 13 heteroatoms. The van der Waals surface area contributed by atoms with E-state index in [-0.39, 0.29) is 23.8 Å². The monoisotopic (exact) mass is 652 g/mol. The third-order valence-electron chi connectivity index (χ3n) is 9.06. The zero-order chi connectivity index (χ0) is 32.5. The summed E-state index contributed by atoms with van der Waals surface area (Å²) in [6.45, 7) is 7.57. The van der Waals surface area contributed by atoms with E-state index >= 15 is 0 Å². The molecule has 3 aliphatic heterocycles. The maximum atomic E-state index is 13.5. The Labute approximate surface area is 264 Å². The third kappa shape index (κ3) is 7.71. The minimum absolute atomic E-state index is 0.00420. The van der Waals surface area contributed by atoms with E-state index in [0.717, 1.165) is 17.7 Å². The molecule has 0 saturated carbocycles. The molecule has 45 heavy (non-hydrogen) atoms. The lowest BCUT2D eigenvalue weighted by Crippen LogP contribution is -2.43. The average molecular weight is 653 g/mol. The first kappa shape index (κ1) is 33.0. The molecule has 0 radical (unpaired) electrons. The van der Waals surface area contributed by atoms with E-state index < -0.39 is 35.1 Å². The number of nitrogens with zero attached hydrogens (tertiary/aromatic N) is 4. The van der Waals surface area contributed by atoms with Crippen LogP contribution in [0.25, 0.3) is 0 Å². The molecule has 2 atom stereocenters. The van der Waals surface area contributed by atoms with Gasteiger partial charge in [0.05, 0.1) is 11.1 Å². The van der Waals surface area contributed by atoms with Gasteiger partial charge < -0.3 is 19.4 Å². The zero-order valence-corrected chi connectivity index (χ0v) is 26.0. The quantitative estimate of drug-likeness (QED) is 0.351. The molecule has 2 aromatic rings. The molecule has 3 heterocycles. The Balaban J connectivity index is 1.16. The van der Waals surface area contributed by atoms with Crippen molar-refractivity contribution in [2.75, 3.05) is 57.3 Å². The molecular formula is C32H37ClF4N4O4. The number of likely N-dealkylation sites (tertiary alicyclic amines) is 3. The van der Waals surface area contributed by atoms with Crippen molar-refractivity contribution in [2.45, 2.75) is 45.4 Å². The fourth-order valence-electron chi connectivity index (χ4n) is 6.57. The van der Waals surface area contributed by atoms with Gasteiger partial charge in [-0.2, -0.15) is 13.2 Å². The maximum absolute atomic E-state index is 13.5. The SMILES string of the molecule is CC(=O)N1CCC(OC(=O)N(CCCN2CC3CN(C(=O)c4ccc(F)cc4C(F)(F)F)CC3C2)c2ccc(C)c(Cl)c2)CC1. The lowest BCUT2D eigenvalue weighted by molar-refractivity contribution is -0.138. The first-order valence-electron chi connectivity index (χ1n) is 15.2. The summed E-state index contributed by atoms with van der Waals surface area (Å²) in [5.74, 6) is -1.55. The summed E-state index contributed by atoms with van der Waals surface area (Å²) < 4.78 is 59.9. The van der Waals surface area contributed by atoms with Crippen molar-refractivity contribution in [3.05, 3.63) is 63.9 Å². The van der Waals surface area contributed by atoms with Crippen LogP contribution < -0.4 is 4.90 Å². The van der Waals surface area contributed by atoms with Crippen LogP contribution in [0, 0.1) is 24.6 Å². The van der Waals surface area contributed by atoms with Crippen LogP contribution in [0.15, 0.2) is 36.4 Å². The normalized spacial score (nSPS) is 20.8. The summed E-state index contributed by atoms with van der Waals surface area (Å²) >= 11 is 6.38. The fourth-order valence-corrected chi connectivity index (χ4v) is 6.74. The van der Waals surface area contributed by atoms with Gasteiger partial charge in [0.15, 0.2) is 0 Å². The van der Waals surface area contributed by atoms with Crippen molar-refractivity contribution in [1.82, 2.24) is 14.7 Å². The summed E-state index contributed by atoms with van der Waals surface area (Å²) in [4.78, 5) is 45.1. The van der Waals surface area contributed by atoms with E-state index in [2.05, 4.69) is 4.90 Å². The number of carbonyl (C=O) groups is 3. The molecule has 244 valence electrons. The van der Waals surface area contributed by atoms with Gasteiger partial charge in [0.2, 0.25) is 5.91 Å². The molecule has 2 aromatic carbocycles. The maximum Gasteiger partial charge on any atom is 0.417 e. The summed E-state index contributed by atoms with van der Waals surface area (Å²) in [6, 6.07) is 7.58. The summed E-state index contributed by atoms with van der Waals surface area (Å²) in [7, 11) is 0. The van der Waals surface area contributed by atoms with Crippen LogP contribution >= 0.6 is 11.6 Å². The number of aryl methyl sites for hydroxylation is 1. The highest BCUT2D eigenvalue weighted by molar-refractivity contribution is 6.31. The van der Waals surface area contributed by atoms with E-state index in [0.29, 0.717) is 88.4 Å². The minimum atomic E-state index is -4.84. The molecule has 3 fully saturated rings. The number of benzene rings is 2. The Bertz CT molecular complexity index is 1420. The smallest absolute Gasteiger partial charge is 0.417 e. The Morgan fingerprint density at radius 2 is 1.64 bits per heavy atom. The topological polar surface area (TPSA) is 73.4 Å². The highest BCUT2D eigenvalue weighted by Crippen LogP contribution is 2.36. The van der Waals surface area contributed by atoms with Gasteiger partial charge in [-0.05, 0) is 67.6 Å². The number of anilines is 1. The number of alkyl halides is 3. The summed E-state index contributed by atoms with van der Waals surface area (Å²) in [5, 5.41) is 0.537. The number of ether oxygens (including phenoxy) is 1. The van der Waals surface area contributed by atoms with Crippen LogP contribution in [-0.2, 0) is 15.7 Å². The van der Waals surface area contributed by atoms with Gasteiger partial charge in [-0.3, -0.25) is 14.5 Å². The Morgan fingerprint density at radius 3 is 2.24 bits per heavy atom. The molecule has 2 unspecified atom stereocenters. The van der Waals surface area contributed by atoms with Crippen LogP contribution in [0.3, 0.4) is 0 Å². The highest BCUT2D eigenvalue weighted by Gasteiger charge is 2.43. The number of halogens is 5. The number of carbonyl (C=O) groups excluding carboxylic acids is 3. The fraction of sp³-hybridized carbons (Fsp3) is 0.531. The molecule has 8 nitrogen and oxygen atoms in total. The Morgan fingerprint density at radius 1 is 0.978 bits per heavy atom. The number of fused-ring (bicyclic) bond motifs is 1. The molecular weight excluding hydrogens is 616 g/mol. The van der Waals surface area contributed by atoms with Gasteiger partial charge in [0, 0.05) is 76.3 Å². The van der Waals surface area contributed by atoms with E-state index in [1.54, 1.807) is 15.9 Å². The van der Waals surface area contributed by atoms with Crippen molar-refractivity contribution in [2.24, 2.45) is 11.8 Å². The third-order valence-corrected chi connectivity index (χ3v) is 9.47. The number of amides is 3. The number of piperidine rings is 1. The van der Waals surface area contributed by atoms with Crippen LogP contribution in [0.1, 0.15) is 47.7 Å². The van der Waals surface area contributed by atoms with E-state index in [1.807, 2.05) is 19.1 Å². The van der Waals surface area contributed by atoms with Gasteiger partial charge >= 0.3 is 12.3 Å². The van der Waals surface area contributed by atoms with Gasteiger partial charge in [-0.1, -0.05) is 17.7 Å². The molecule has 0 aliphatic carbocycles.